The largest absolute Gasteiger partial charge is 0.352 e. The van der Waals surface area contributed by atoms with Gasteiger partial charge in [0, 0.05) is 18.7 Å². The van der Waals surface area contributed by atoms with Crippen molar-refractivity contribution in [1.29, 1.82) is 0 Å². The van der Waals surface area contributed by atoms with Gasteiger partial charge in [-0.15, -0.1) is 6.58 Å². The third-order valence-electron chi connectivity index (χ3n) is 4.79. The van der Waals surface area contributed by atoms with Crippen molar-refractivity contribution in [3.05, 3.63) is 87.4 Å². The molecule has 1 unspecified atom stereocenters. The average Bonchev–Trinajstić information content (AvgIpc) is 2.71. The lowest BCUT2D eigenvalue weighted by Crippen LogP contribution is -2.26. The van der Waals surface area contributed by atoms with Gasteiger partial charge in [-0.3, -0.25) is 14.2 Å². The van der Waals surface area contributed by atoms with E-state index in [-0.39, 0.29) is 11.5 Å². The predicted octanol–water partition coefficient (Wildman–Crippen LogP) is 4.17. The molecule has 0 aliphatic carbocycles. The maximum atomic E-state index is 12.5. The molecule has 144 valence electrons. The quantitative estimate of drug-likeness (QED) is 0.468. The Morgan fingerprint density at radius 1 is 1.29 bits per heavy atom. The Kier molecular flexibility index (Phi) is 6.21. The molecule has 5 nitrogen and oxygen atoms in total. The van der Waals surface area contributed by atoms with Gasteiger partial charge in [-0.05, 0) is 48.3 Å². The first-order valence-electron chi connectivity index (χ1n) is 9.22. The van der Waals surface area contributed by atoms with Gasteiger partial charge in [-0.2, -0.15) is 0 Å². The first-order valence-corrected chi connectivity index (χ1v) is 9.63. The summed E-state index contributed by atoms with van der Waals surface area (Å²) in [6.45, 7) is 6.70. The highest BCUT2D eigenvalue weighted by atomic mass is 32.1. The van der Waals surface area contributed by atoms with Crippen molar-refractivity contribution in [2.45, 2.75) is 25.8 Å². The summed E-state index contributed by atoms with van der Waals surface area (Å²) in [4.78, 5) is 28.1. The fraction of sp³-hybridized carbons (Fsp3) is 0.227. The van der Waals surface area contributed by atoms with Crippen LogP contribution in [0.25, 0.3) is 10.9 Å². The third-order valence-corrected chi connectivity index (χ3v) is 5.11. The molecule has 0 fully saturated rings. The summed E-state index contributed by atoms with van der Waals surface area (Å²) in [5, 5.41) is 3.44. The second-order valence-electron chi connectivity index (χ2n) is 6.75. The smallest absolute Gasteiger partial charge is 0.262 e. The van der Waals surface area contributed by atoms with Gasteiger partial charge >= 0.3 is 0 Å². The summed E-state index contributed by atoms with van der Waals surface area (Å²) in [6, 6.07) is 15.2. The highest BCUT2D eigenvalue weighted by Crippen LogP contribution is 2.17. The second-order valence-corrected chi connectivity index (χ2v) is 7.14. The lowest BCUT2D eigenvalue weighted by Gasteiger charge is -2.13. The Morgan fingerprint density at radius 3 is 2.75 bits per heavy atom. The molecule has 6 heteroatoms. The molecule has 0 aliphatic rings. The van der Waals surface area contributed by atoms with Gasteiger partial charge in [-0.25, -0.2) is 0 Å². The highest BCUT2D eigenvalue weighted by molar-refractivity contribution is 7.71. The topological polar surface area (TPSA) is 66.9 Å². The molecule has 1 heterocycles. The maximum absolute atomic E-state index is 12.5. The number of carbonyl (C=O) groups is 1. The molecule has 3 aromatic rings. The van der Waals surface area contributed by atoms with E-state index in [2.05, 4.69) is 35.9 Å². The van der Waals surface area contributed by atoms with Crippen LogP contribution in [0, 0.1) is 4.77 Å². The molecule has 0 aliphatic heterocycles. The summed E-state index contributed by atoms with van der Waals surface area (Å²) >= 11 is 5.25. The van der Waals surface area contributed by atoms with Crippen LogP contribution in [0.15, 0.2) is 66.0 Å². The van der Waals surface area contributed by atoms with Crippen molar-refractivity contribution in [3.8, 4) is 0 Å². The van der Waals surface area contributed by atoms with Crippen molar-refractivity contribution in [2.75, 3.05) is 6.54 Å². The van der Waals surface area contributed by atoms with Crippen LogP contribution in [0.4, 0.5) is 0 Å². The zero-order chi connectivity index (χ0) is 20.1. The Balaban J connectivity index is 1.72. The monoisotopic (exact) mass is 393 g/mol. The van der Waals surface area contributed by atoms with E-state index < -0.39 is 0 Å². The zero-order valence-corrected chi connectivity index (χ0v) is 16.6. The molecular weight excluding hydrogens is 370 g/mol. The summed E-state index contributed by atoms with van der Waals surface area (Å²) in [5.41, 5.74) is 2.11. The number of nitrogens with zero attached hydrogens (tertiary/aromatic N) is 1. The number of aromatic amines is 1. The third kappa shape index (κ3) is 4.28. The van der Waals surface area contributed by atoms with Crippen LogP contribution < -0.4 is 10.9 Å². The van der Waals surface area contributed by atoms with E-state index in [4.69, 9.17) is 12.2 Å². The van der Waals surface area contributed by atoms with E-state index in [9.17, 15) is 9.59 Å². The molecule has 1 aromatic heterocycles. The van der Waals surface area contributed by atoms with E-state index in [1.807, 2.05) is 18.2 Å². The van der Waals surface area contributed by atoms with Gasteiger partial charge in [-0.1, -0.05) is 43.3 Å². The first kappa shape index (κ1) is 19.8. The number of nitrogens with one attached hydrogen (secondary N) is 2. The number of rotatable bonds is 7. The molecule has 0 radical (unpaired) electrons. The minimum absolute atomic E-state index is 0.170. The van der Waals surface area contributed by atoms with Gasteiger partial charge in [0.05, 0.1) is 10.9 Å². The molecule has 0 spiro atoms. The average molecular weight is 394 g/mol. The Morgan fingerprint density at radius 2 is 2.04 bits per heavy atom. The summed E-state index contributed by atoms with van der Waals surface area (Å²) in [6.07, 6.45) is 2.47. The van der Waals surface area contributed by atoms with Crippen LogP contribution in [-0.4, -0.2) is 22.0 Å². The first-order chi connectivity index (χ1) is 13.5. The Hall–Kier alpha value is -2.99. The molecule has 2 aromatic carbocycles. The number of allylic oxidation sites excluding steroid dienone is 1. The van der Waals surface area contributed by atoms with Crippen molar-refractivity contribution < 1.29 is 4.79 Å². The molecule has 1 atom stereocenters. The van der Waals surface area contributed by atoms with Gasteiger partial charge in [0.15, 0.2) is 4.77 Å². The van der Waals surface area contributed by atoms with Gasteiger partial charge in [0.25, 0.3) is 11.5 Å². The minimum atomic E-state index is -0.192. The maximum Gasteiger partial charge on any atom is 0.262 e. The Bertz CT molecular complexity index is 1120. The number of hydrogen-bond acceptors (Lipinski definition) is 3. The van der Waals surface area contributed by atoms with Crippen LogP contribution in [0.2, 0.25) is 0 Å². The van der Waals surface area contributed by atoms with Crippen LogP contribution in [0.5, 0.6) is 0 Å². The fourth-order valence-electron chi connectivity index (χ4n) is 3.14. The molecule has 2 N–H and O–H groups in total. The highest BCUT2D eigenvalue weighted by Gasteiger charge is 2.11. The SMILES string of the molecule is C=CCn1c(=S)[nH]c2cc(C(=O)NCCC(C)c3ccccc3)ccc2c1=O. The molecule has 0 saturated heterocycles. The number of fused-ring (bicyclic) bond motifs is 1. The van der Waals surface area contributed by atoms with Gasteiger partial charge in [0.2, 0.25) is 0 Å². The molecule has 0 saturated carbocycles. The van der Waals surface area contributed by atoms with E-state index >= 15 is 0 Å². The second kappa shape index (κ2) is 8.80. The fourth-order valence-corrected chi connectivity index (χ4v) is 3.41. The number of aromatic nitrogens is 2. The molecule has 28 heavy (non-hydrogen) atoms. The van der Waals surface area contributed by atoms with Crippen molar-refractivity contribution in [1.82, 2.24) is 14.9 Å². The van der Waals surface area contributed by atoms with Crippen LogP contribution in [-0.2, 0) is 6.54 Å². The van der Waals surface area contributed by atoms with Crippen molar-refractivity contribution in [2.24, 2.45) is 0 Å². The van der Waals surface area contributed by atoms with E-state index in [0.29, 0.717) is 40.2 Å². The van der Waals surface area contributed by atoms with E-state index in [1.165, 1.54) is 10.1 Å². The summed E-state index contributed by atoms with van der Waals surface area (Å²) in [7, 11) is 0. The van der Waals surface area contributed by atoms with Crippen molar-refractivity contribution >= 4 is 29.0 Å². The van der Waals surface area contributed by atoms with Crippen molar-refractivity contribution in [3.63, 3.8) is 0 Å². The van der Waals surface area contributed by atoms with Gasteiger partial charge in [0.1, 0.15) is 0 Å². The number of carbonyl (C=O) groups excluding carboxylic acids is 1. The number of benzene rings is 2. The Labute approximate surface area is 168 Å². The van der Waals surface area contributed by atoms with E-state index in [1.54, 1.807) is 24.3 Å². The zero-order valence-electron chi connectivity index (χ0n) is 15.8. The molecular formula is C22H23N3O2S. The molecule has 0 bridgehead atoms. The lowest BCUT2D eigenvalue weighted by atomic mass is 9.98. The summed E-state index contributed by atoms with van der Waals surface area (Å²) in [5.74, 6) is 0.189. The van der Waals surface area contributed by atoms with Gasteiger partial charge < -0.3 is 10.3 Å². The standard InChI is InChI=1S/C22H23N3O2S/c1-3-13-25-21(27)18-10-9-17(14-19(18)24-22(25)28)20(26)23-12-11-15(2)16-7-5-4-6-8-16/h3-10,14-15H,1,11-13H2,2H3,(H,23,26)(H,24,28). The molecule has 3 rings (SSSR count). The normalized spacial score (nSPS) is 11.9. The lowest BCUT2D eigenvalue weighted by molar-refractivity contribution is 0.0953. The number of H-pyrrole nitrogens is 1. The van der Waals surface area contributed by atoms with Crippen LogP contribution >= 0.6 is 12.2 Å². The molecule has 1 amide bonds. The number of hydrogen-bond donors (Lipinski definition) is 2. The minimum Gasteiger partial charge on any atom is -0.352 e. The predicted molar refractivity (Wildman–Crippen MR) is 115 cm³/mol. The number of amides is 1. The van der Waals surface area contributed by atoms with Crippen LogP contribution in [0.3, 0.4) is 0 Å². The summed E-state index contributed by atoms with van der Waals surface area (Å²) < 4.78 is 1.75. The van der Waals surface area contributed by atoms with E-state index in [0.717, 1.165) is 6.42 Å². The van der Waals surface area contributed by atoms with Crippen LogP contribution in [0.1, 0.15) is 35.2 Å².